The van der Waals surface area contributed by atoms with Crippen molar-refractivity contribution in [2.75, 3.05) is 19.0 Å². The number of nitrogens with zero attached hydrogens (tertiary/aromatic N) is 3. The van der Waals surface area contributed by atoms with Gasteiger partial charge in [0, 0.05) is 18.2 Å². The first-order chi connectivity index (χ1) is 6.63. The molecule has 1 atom stereocenters. The maximum absolute atomic E-state index is 5.88. The normalized spacial score (nSPS) is 21.2. The maximum atomic E-state index is 5.88. The van der Waals surface area contributed by atoms with Gasteiger partial charge in [-0.05, 0) is 20.2 Å². The fraction of sp³-hybridized carbons (Fsp3) is 0.556. The lowest BCUT2D eigenvalue weighted by Crippen LogP contribution is -2.13. The third-order valence-electron chi connectivity index (χ3n) is 2.70. The molecular weight excluding hydrogens is 196 g/mol. The van der Waals surface area contributed by atoms with Crippen molar-refractivity contribution in [3.63, 3.8) is 0 Å². The van der Waals surface area contributed by atoms with Crippen LogP contribution in [0.1, 0.15) is 24.2 Å². The highest BCUT2D eigenvalue weighted by molar-refractivity contribution is 7.98. The Morgan fingerprint density at radius 3 is 2.86 bits per heavy atom. The molecule has 1 aromatic rings. The Hall–Kier alpha value is -0.810. The SMILES string of the molecule is CSc1nc(N)c2c(n1)C(C)N(C)C2. The molecule has 0 aliphatic carbocycles. The second-order valence-corrected chi connectivity index (χ2v) is 4.32. The molecule has 2 heterocycles. The lowest BCUT2D eigenvalue weighted by atomic mass is 10.2. The van der Waals surface area contributed by atoms with Gasteiger partial charge in [0.25, 0.3) is 0 Å². The van der Waals surface area contributed by atoms with Crippen molar-refractivity contribution < 1.29 is 0 Å². The van der Waals surface area contributed by atoms with Gasteiger partial charge in [0.2, 0.25) is 0 Å². The van der Waals surface area contributed by atoms with Crippen molar-refractivity contribution >= 4 is 17.6 Å². The van der Waals surface area contributed by atoms with Crippen molar-refractivity contribution in [1.29, 1.82) is 0 Å². The van der Waals surface area contributed by atoms with E-state index in [0.29, 0.717) is 11.9 Å². The van der Waals surface area contributed by atoms with Crippen LogP contribution in [-0.4, -0.2) is 28.2 Å². The van der Waals surface area contributed by atoms with E-state index < -0.39 is 0 Å². The highest BCUT2D eigenvalue weighted by atomic mass is 32.2. The number of aromatic nitrogens is 2. The third-order valence-corrected chi connectivity index (χ3v) is 3.25. The molecule has 1 unspecified atom stereocenters. The standard InChI is InChI=1S/C9H14N4S/c1-5-7-6(4-13(5)2)8(10)12-9(11-7)14-3/h5H,4H2,1-3H3,(H2,10,11,12). The van der Waals surface area contributed by atoms with E-state index in [1.807, 2.05) is 6.26 Å². The van der Waals surface area contributed by atoms with Gasteiger partial charge in [-0.25, -0.2) is 9.97 Å². The minimum atomic E-state index is 0.348. The fourth-order valence-electron chi connectivity index (χ4n) is 1.69. The summed E-state index contributed by atoms with van der Waals surface area (Å²) in [6.45, 7) is 3.00. The molecule has 76 valence electrons. The van der Waals surface area contributed by atoms with Gasteiger partial charge >= 0.3 is 0 Å². The molecule has 0 saturated carbocycles. The Morgan fingerprint density at radius 2 is 2.21 bits per heavy atom. The van der Waals surface area contributed by atoms with Crippen LogP contribution >= 0.6 is 11.8 Å². The summed E-state index contributed by atoms with van der Waals surface area (Å²) in [5, 5.41) is 0.767. The second kappa shape index (κ2) is 3.40. The van der Waals surface area contributed by atoms with Gasteiger partial charge in [-0.1, -0.05) is 11.8 Å². The van der Waals surface area contributed by atoms with Crippen molar-refractivity contribution in [1.82, 2.24) is 14.9 Å². The average Bonchev–Trinajstić information content (AvgIpc) is 2.45. The Balaban J connectivity index is 2.52. The summed E-state index contributed by atoms with van der Waals surface area (Å²) in [7, 11) is 2.07. The molecule has 1 aromatic heterocycles. The fourth-order valence-corrected chi connectivity index (χ4v) is 2.07. The number of anilines is 1. The summed E-state index contributed by atoms with van der Waals surface area (Å²) in [5.41, 5.74) is 8.06. The van der Waals surface area contributed by atoms with E-state index in [2.05, 4.69) is 28.8 Å². The monoisotopic (exact) mass is 210 g/mol. The first-order valence-electron chi connectivity index (χ1n) is 4.54. The average molecular weight is 210 g/mol. The smallest absolute Gasteiger partial charge is 0.189 e. The second-order valence-electron chi connectivity index (χ2n) is 3.55. The zero-order chi connectivity index (χ0) is 10.3. The summed E-state index contributed by atoms with van der Waals surface area (Å²) in [4.78, 5) is 11.0. The predicted octanol–water partition coefficient (Wildman–Crippen LogP) is 1.29. The van der Waals surface area contributed by atoms with E-state index in [1.54, 1.807) is 0 Å². The van der Waals surface area contributed by atoms with Gasteiger partial charge in [-0.2, -0.15) is 0 Å². The predicted molar refractivity (Wildman–Crippen MR) is 58.1 cm³/mol. The number of thioether (sulfide) groups is 1. The summed E-state index contributed by atoms with van der Waals surface area (Å²) < 4.78 is 0. The maximum Gasteiger partial charge on any atom is 0.189 e. The van der Waals surface area contributed by atoms with E-state index >= 15 is 0 Å². The van der Waals surface area contributed by atoms with E-state index in [0.717, 1.165) is 23.0 Å². The molecule has 5 heteroatoms. The molecule has 0 saturated heterocycles. The van der Waals surface area contributed by atoms with E-state index in [9.17, 15) is 0 Å². The van der Waals surface area contributed by atoms with Crippen LogP contribution in [0, 0.1) is 0 Å². The molecule has 4 nitrogen and oxygen atoms in total. The number of rotatable bonds is 1. The number of nitrogen functional groups attached to an aromatic ring is 1. The Bertz CT molecular complexity index is 366. The van der Waals surface area contributed by atoms with Gasteiger partial charge in [-0.15, -0.1) is 0 Å². The molecule has 2 rings (SSSR count). The van der Waals surface area contributed by atoms with Crippen LogP contribution in [0.15, 0.2) is 5.16 Å². The molecule has 0 bridgehead atoms. The molecule has 0 spiro atoms. The number of nitrogens with two attached hydrogens (primary N) is 1. The van der Waals surface area contributed by atoms with Gasteiger partial charge in [0.1, 0.15) is 5.82 Å². The molecule has 14 heavy (non-hydrogen) atoms. The molecule has 0 fully saturated rings. The van der Waals surface area contributed by atoms with Gasteiger partial charge < -0.3 is 5.73 Å². The van der Waals surface area contributed by atoms with Crippen molar-refractivity contribution in [2.24, 2.45) is 0 Å². The molecular formula is C9H14N4S. The summed E-state index contributed by atoms with van der Waals surface area (Å²) in [5.74, 6) is 0.635. The molecule has 0 aromatic carbocycles. The summed E-state index contributed by atoms with van der Waals surface area (Å²) in [6.07, 6.45) is 1.96. The number of hydrogen-bond acceptors (Lipinski definition) is 5. The first kappa shape index (κ1) is 9.73. The molecule has 2 N–H and O–H groups in total. The molecule has 1 aliphatic rings. The number of fused-ring (bicyclic) bond motifs is 1. The van der Waals surface area contributed by atoms with Crippen LogP contribution in [0.2, 0.25) is 0 Å². The van der Waals surface area contributed by atoms with E-state index in [1.165, 1.54) is 11.8 Å². The zero-order valence-corrected chi connectivity index (χ0v) is 9.43. The van der Waals surface area contributed by atoms with Crippen LogP contribution in [0.3, 0.4) is 0 Å². The van der Waals surface area contributed by atoms with E-state index in [4.69, 9.17) is 5.73 Å². The van der Waals surface area contributed by atoms with Gasteiger partial charge in [0.05, 0.1) is 5.69 Å². The topological polar surface area (TPSA) is 55.0 Å². The quantitative estimate of drug-likeness (QED) is 0.559. The van der Waals surface area contributed by atoms with Crippen LogP contribution in [0.5, 0.6) is 0 Å². The van der Waals surface area contributed by atoms with Crippen LogP contribution in [0.25, 0.3) is 0 Å². The summed E-state index contributed by atoms with van der Waals surface area (Å²) >= 11 is 1.53. The first-order valence-corrected chi connectivity index (χ1v) is 5.76. The van der Waals surface area contributed by atoms with Crippen LogP contribution in [0.4, 0.5) is 5.82 Å². The highest BCUT2D eigenvalue weighted by Crippen LogP contribution is 2.33. The summed E-state index contributed by atoms with van der Waals surface area (Å²) in [6, 6.07) is 0.348. The zero-order valence-electron chi connectivity index (χ0n) is 8.61. The molecule has 0 amide bonds. The largest absolute Gasteiger partial charge is 0.383 e. The minimum absolute atomic E-state index is 0.348. The van der Waals surface area contributed by atoms with Crippen LogP contribution in [-0.2, 0) is 6.54 Å². The lowest BCUT2D eigenvalue weighted by Gasteiger charge is -2.13. The van der Waals surface area contributed by atoms with Crippen LogP contribution < -0.4 is 5.73 Å². The Kier molecular flexibility index (Phi) is 2.36. The highest BCUT2D eigenvalue weighted by Gasteiger charge is 2.28. The van der Waals surface area contributed by atoms with E-state index in [-0.39, 0.29) is 0 Å². The third kappa shape index (κ3) is 1.36. The Morgan fingerprint density at radius 1 is 1.50 bits per heavy atom. The molecule has 0 radical (unpaired) electrons. The van der Waals surface area contributed by atoms with Gasteiger partial charge in [0.15, 0.2) is 5.16 Å². The molecule has 1 aliphatic heterocycles. The number of hydrogen-bond donors (Lipinski definition) is 1. The minimum Gasteiger partial charge on any atom is -0.383 e. The van der Waals surface area contributed by atoms with Crippen molar-refractivity contribution in [3.8, 4) is 0 Å². The van der Waals surface area contributed by atoms with Gasteiger partial charge in [-0.3, -0.25) is 4.90 Å². The van der Waals surface area contributed by atoms with Crippen molar-refractivity contribution in [3.05, 3.63) is 11.3 Å². The Labute approximate surface area is 87.9 Å². The lowest BCUT2D eigenvalue weighted by molar-refractivity contribution is 0.283. The van der Waals surface area contributed by atoms with Crippen molar-refractivity contribution in [2.45, 2.75) is 24.7 Å².